The van der Waals surface area contributed by atoms with Crippen LogP contribution in [0.4, 0.5) is 0 Å². The van der Waals surface area contributed by atoms with Gasteiger partial charge in [-0.05, 0) is 33.3 Å². The van der Waals surface area contributed by atoms with Gasteiger partial charge in [0.2, 0.25) is 0 Å². The summed E-state index contributed by atoms with van der Waals surface area (Å²) in [7, 11) is 0. The number of ether oxygens (including phenoxy) is 1. The van der Waals surface area contributed by atoms with E-state index in [1.54, 1.807) is 0 Å². The van der Waals surface area contributed by atoms with Crippen molar-refractivity contribution < 1.29 is 9.53 Å². The second-order valence-electron chi connectivity index (χ2n) is 4.55. The zero-order chi connectivity index (χ0) is 12.8. The molecule has 1 atom stereocenters. The maximum atomic E-state index is 11.4. The topological polar surface area (TPSA) is 38.3 Å². The van der Waals surface area contributed by atoms with E-state index in [1.807, 2.05) is 20.8 Å². The first-order valence-electron chi connectivity index (χ1n) is 5.98. The number of rotatable bonds is 5. The van der Waals surface area contributed by atoms with Gasteiger partial charge in [0.1, 0.15) is 0 Å². The fraction of sp³-hybridized carbons (Fsp3) is 0.500. The van der Waals surface area contributed by atoms with E-state index >= 15 is 0 Å². The van der Waals surface area contributed by atoms with Gasteiger partial charge in [0, 0.05) is 6.04 Å². The molecule has 0 amide bonds. The highest BCUT2D eigenvalue weighted by atomic mass is 16.5. The molecule has 1 aromatic carbocycles. The predicted octanol–water partition coefficient (Wildman–Crippen LogP) is 2.60. The van der Waals surface area contributed by atoms with E-state index in [0.29, 0.717) is 0 Å². The Morgan fingerprint density at radius 3 is 2.35 bits per heavy atom. The number of carbonyl (C=O) groups excluding carboxylic acids is 1. The second kappa shape index (κ2) is 6.40. The first kappa shape index (κ1) is 13.7. The molecule has 1 rings (SSSR count). The fourth-order valence-electron chi connectivity index (χ4n) is 1.51. The molecule has 0 aromatic heterocycles. The van der Waals surface area contributed by atoms with Gasteiger partial charge in [-0.2, -0.15) is 0 Å². The predicted molar refractivity (Wildman–Crippen MR) is 68.8 cm³/mol. The lowest BCUT2D eigenvalue weighted by molar-refractivity contribution is -0.146. The van der Waals surface area contributed by atoms with Gasteiger partial charge in [-0.1, -0.05) is 29.8 Å². The standard InChI is InChI=1S/C14H21NO2/c1-10(2)17-14(16)9-15-12(4)13-7-5-11(3)6-8-13/h5-8,10,12,15H,9H2,1-4H3. The van der Waals surface area contributed by atoms with Gasteiger partial charge in [0.05, 0.1) is 12.6 Å². The van der Waals surface area contributed by atoms with Crippen LogP contribution in [0.2, 0.25) is 0 Å². The monoisotopic (exact) mass is 235 g/mol. The van der Waals surface area contributed by atoms with Gasteiger partial charge < -0.3 is 10.1 Å². The Labute approximate surface area is 103 Å². The SMILES string of the molecule is Cc1ccc(C(C)NCC(=O)OC(C)C)cc1. The van der Waals surface area contributed by atoms with Crippen molar-refractivity contribution in [1.29, 1.82) is 0 Å². The quantitative estimate of drug-likeness (QED) is 0.797. The van der Waals surface area contributed by atoms with Crippen molar-refractivity contribution in [1.82, 2.24) is 5.32 Å². The summed E-state index contributed by atoms with van der Waals surface area (Å²) in [6.45, 7) is 8.03. The fourth-order valence-corrected chi connectivity index (χ4v) is 1.51. The summed E-state index contributed by atoms with van der Waals surface area (Å²) in [4.78, 5) is 11.4. The van der Waals surface area contributed by atoms with Crippen molar-refractivity contribution in [3.05, 3.63) is 35.4 Å². The summed E-state index contributed by atoms with van der Waals surface area (Å²) >= 11 is 0. The molecule has 17 heavy (non-hydrogen) atoms. The molecule has 3 nitrogen and oxygen atoms in total. The largest absolute Gasteiger partial charge is 0.462 e. The van der Waals surface area contributed by atoms with Crippen LogP contribution in [0.3, 0.4) is 0 Å². The van der Waals surface area contributed by atoms with Gasteiger partial charge in [-0.25, -0.2) is 0 Å². The van der Waals surface area contributed by atoms with Crippen LogP contribution in [-0.2, 0) is 9.53 Å². The summed E-state index contributed by atoms with van der Waals surface area (Å²) in [6, 6.07) is 8.43. The van der Waals surface area contributed by atoms with Gasteiger partial charge in [0.15, 0.2) is 0 Å². The highest BCUT2D eigenvalue weighted by molar-refractivity contribution is 5.71. The van der Waals surface area contributed by atoms with Crippen molar-refractivity contribution in [2.45, 2.75) is 39.8 Å². The molecule has 0 bridgehead atoms. The minimum Gasteiger partial charge on any atom is -0.462 e. The highest BCUT2D eigenvalue weighted by Crippen LogP contribution is 2.12. The molecule has 0 heterocycles. The Bertz CT molecular complexity index is 357. The lowest BCUT2D eigenvalue weighted by Crippen LogP contribution is -2.28. The van der Waals surface area contributed by atoms with Crippen molar-refractivity contribution in [2.75, 3.05) is 6.54 Å². The van der Waals surface area contributed by atoms with Crippen LogP contribution in [0, 0.1) is 6.92 Å². The van der Waals surface area contributed by atoms with Crippen LogP contribution in [0.5, 0.6) is 0 Å². The number of nitrogens with one attached hydrogen (secondary N) is 1. The van der Waals surface area contributed by atoms with E-state index in [9.17, 15) is 4.79 Å². The molecule has 0 spiro atoms. The molecular formula is C14H21NO2. The average molecular weight is 235 g/mol. The Kier molecular flexibility index (Phi) is 5.16. The third kappa shape index (κ3) is 5.00. The Hall–Kier alpha value is -1.35. The maximum Gasteiger partial charge on any atom is 0.320 e. The summed E-state index contributed by atoms with van der Waals surface area (Å²) in [5.74, 6) is -0.209. The Morgan fingerprint density at radius 2 is 1.82 bits per heavy atom. The highest BCUT2D eigenvalue weighted by Gasteiger charge is 2.09. The van der Waals surface area contributed by atoms with E-state index in [2.05, 4.69) is 36.5 Å². The minimum atomic E-state index is -0.209. The Morgan fingerprint density at radius 1 is 1.24 bits per heavy atom. The lowest BCUT2D eigenvalue weighted by Gasteiger charge is -2.15. The van der Waals surface area contributed by atoms with Crippen LogP contribution < -0.4 is 5.32 Å². The smallest absolute Gasteiger partial charge is 0.320 e. The zero-order valence-corrected chi connectivity index (χ0v) is 11.0. The molecule has 0 radical (unpaired) electrons. The molecule has 0 aliphatic carbocycles. The number of esters is 1. The van der Waals surface area contributed by atoms with Crippen LogP contribution in [0.25, 0.3) is 0 Å². The van der Waals surface area contributed by atoms with Crippen molar-refractivity contribution in [2.24, 2.45) is 0 Å². The van der Waals surface area contributed by atoms with E-state index in [1.165, 1.54) is 11.1 Å². The van der Waals surface area contributed by atoms with Gasteiger partial charge in [0.25, 0.3) is 0 Å². The number of carbonyl (C=O) groups is 1. The second-order valence-corrected chi connectivity index (χ2v) is 4.55. The average Bonchev–Trinajstić information content (AvgIpc) is 2.26. The van der Waals surface area contributed by atoms with Gasteiger partial charge >= 0.3 is 5.97 Å². The van der Waals surface area contributed by atoms with E-state index in [4.69, 9.17) is 4.74 Å². The molecule has 3 heteroatoms. The molecule has 0 fully saturated rings. The number of hydrogen-bond acceptors (Lipinski definition) is 3. The third-order valence-electron chi connectivity index (χ3n) is 2.50. The van der Waals surface area contributed by atoms with Crippen molar-refractivity contribution >= 4 is 5.97 Å². The van der Waals surface area contributed by atoms with E-state index in [-0.39, 0.29) is 24.7 Å². The molecule has 1 N–H and O–H groups in total. The van der Waals surface area contributed by atoms with Gasteiger partial charge in [-0.3, -0.25) is 4.79 Å². The molecule has 0 saturated heterocycles. The number of hydrogen-bond donors (Lipinski definition) is 1. The number of benzene rings is 1. The van der Waals surface area contributed by atoms with Gasteiger partial charge in [-0.15, -0.1) is 0 Å². The summed E-state index contributed by atoms with van der Waals surface area (Å²) in [5.41, 5.74) is 2.41. The van der Waals surface area contributed by atoms with Crippen LogP contribution in [0.15, 0.2) is 24.3 Å². The maximum absolute atomic E-state index is 11.4. The molecular weight excluding hydrogens is 214 g/mol. The summed E-state index contributed by atoms with van der Waals surface area (Å²) < 4.78 is 5.05. The van der Waals surface area contributed by atoms with Crippen molar-refractivity contribution in [3.8, 4) is 0 Å². The normalized spacial score (nSPS) is 12.5. The molecule has 94 valence electrons. The van der Waals surface area contributed by atoms with Crippen LogP contribution in [0.1, 0.15) is 37.9 Å². The third-order valence-corrected chi connectivity index (χ3v) is 2.50. The summed E-state index contributed by atoms with van der Waals surface area (Å²) in [6.07, 6.45) is -0.0565. The van der Waals surface area contributed by atoms with Crippen LogP contribution in [-0.4, -0.2) is 18.6 Å². The molecule has 0 saturated carbocycles. The first-order chi connectivity index (χ1) is 7.99. The van der Waals surface area contributed by atoms with Crippen LogP contribution >= 0.6 is 0 Å². The molecule has 1 aromatic rings. The van der Waals surface area contributed by atoms with E-state index < -0.39 is 0 Å². The summed E-state index contributed by atoms with van der Waals surface area (Å²) in [5, 5.41) is 3.15. The van der Waals surface area contributed by atoms with Crippen molar-refractivity contribution in [3.63, 3.8) is 0 Å². The Balaban J connectivity index is 2.42. The molecule has 1 unspecified atom stereocenters. The first-order valence-corrected chi connectivity index (χ1v) is 5.98. The lowest BCUT2D eigenvalue weighted by atomic mass is 10.1. The minimum absolute atomic E-state index is 0.0565. The molecule has 0 aliphatic rings. The zero-order valence-electron chi connectivity index (χ0n) is 11.0. The molecule has 0 aliphatic heterocycles. The van der Waals surface area contributed by atoms with E-state index in [0.717, 1.165) is 0 Å². The number of aryl methyl sites for hydroxylation is 1.